The summed E-state index contributed by atoms with van der Waals surface area (Å²) in [6.45, 7) is 7.98. The summed E-state index contributed by atoms with van der Waals surface area (Å²) in [5.41, 5.74) is 5.82. The molecule has 0 aliphatic heterocycles. The van der Waals surface area contributed by atoms with Crippen molar-refractivity contribution in [3.8, 4) is 5.75 Å². The van der Waals surface area contributed by atoms with Crippen LogP contribution in [0, 0.1) is 6.92 Å². The molecule has 0 atom stereocenters. The van der Waals surface area contributed by atoms with Gasteiger partial charge in [0.1, 0.15) is 10.6 Å². The minimum atomic E-state index is -3.84. The van der Waals surface area contributed by atoms with Crippen molar-refractivity contribution in [2.24, 2.45) is 0 Å². The van der Waals surface area contributed by atoms with Gasteiger partial charge in [-0.05, 0) is 43.2 Å². The molecular weight excluding hydrogens is 426 g/mol. The van der Waals surface area contributed by atoms with E-state index in [9.17, 15) is 18.0 Å². The molecular formula is C20H27N3O5S2. The van der Waals surface area contributed by atoms with Gasteiger partial charge in [0.15, 0.2) is 0 Å². The van der Waals surface area contributed by atoms with E-state index in [1.54, 1.807) is 19.9 Å². The first-order valence-electron chi connectivity index (χ1n) is 9.57. The molecule has 10 heteroatoms. The average molecular weight is 454 g/mol. The zero-order valence-corrected chi connectivity index (χ0v) is 19.4. The normalized spacial score (nSPS) is 11.4. The van der Waals surface area contributed by atoms with Crippen molar-refractivity contribution in [3.63, 3.8) is 0 Å². The summed E-state index contributed by atoms with van der Waals surface area (Å²) < 4.78 is 32.3. The Morgan fingerprint density at radius 1 is 1.07 bits per heavy atom. The number of aryl methyl sites for hydroxylation is 2. The lowest BCUT2D eigenvalue weighted by Gasteiger charge is -2.20. The van der Waals surface area contributed by atoms with Gasteiger partial charge in [-0.1, -0.05) is 20.8 Å². The van der Waals surface area contributed by atoms with Crippen LogP contribution in [-0.2, 0) is 16.4 Å². The molecule has 8 nitrogen and oxygen atoms in total. The lowest BCUT2D eigenvalue weighted by atomic mass is 10.2. The molecule has 0 aliphatic rings. The summed E-state index contributed by atoms with van der Waals surface area (Å²) >= 11 is 1.37. The fraction of sp³-hybridized carbons (Fsp3) is 0.400. The standard InChI is InChI=1S/C20H27N3O5S2/c1-6-16-13(4)11-17(29-16)20(25)22-21-19(24)14-9-10-15(28-5)18(12-14)30(26,27)23(7-2)8-3/h9-12H,6-8H2,1-5H3,(H,21,24)(H,22,25). The number of methoxy groups -OCH3 is 1. The van der Waals surface area contributed by atoms with E-state index in [0.717, 1.165) is 16.9 Å². The number of thiophene rings is 1. The number of benzene rings is 1. The highest BCUT2D eigenvalue weighted by molar-refractivity contribution is 7.89. The number of rotatable bonds is 8. The van der Waals surface area contributed by atoms with Crippen LogP contribution in [0.1, 0.15) is 51.2 Å². The van der Waals surface area contributed by atoms with E-state index in [4.69, 9.17) is 4.74 Å². The summed E-state index contributed by atoms with van der Waals surface area (Å²) in [5.74, 6) is -0.921. The summed E-state index contributed by atoms with van der Waals surface area (Å²) in [4.78, 5) is 26.3. The summed E-state index contributed by atoms with van der Waals surface area (Å²) in [6.07, 6.45) is 0.825. The first kappa shape index (κ1) is 23.8. The number of nitrogens with one attached hydrogen (secondary N) is 2. The molecule has 0 aliphatic carbocycles. The van der Waals surface area contributed by atoms with Crippen molar-refractivity contribution in [1.29, 1.82) is 0 Å². The number of ether oxygens (including phenoxy) is 1. The van der Waals surface area contributed by atoms with Crippen LogP contribution in [0.15, 0.2) is 29.2 Å². The predicted molar refractivity (Wildman–Crippen MR) is 116 cm³/mol. The molecule has 0 spiro atoms. The van der Waals surface area contributed by atoms with Gasteiger partial charge in [-0.3, -0.25) is 20.4 Å². The Labute approximate surface area is 181 Å². The van der Waals surface area contributed by atoms with Crippen molar-refractivity contribution >= 4 is 33.2 Å². The second-order valence-electron chi connectivity index (χ2n) is 6.43. The molecule has 0 radical (unpaired) electrons. The highest BCUT2D eigenvalue weighted by Gasteiger charge is 2.27. The Morgan fingerprint density at radius 3 is 2.23 bits per heavy atom. The largest absolute Gasteiger partial charge is 0.495 e. The number of amides is 2. The van der Waals surface area contributed by atoms with Gasteiger partial charge in [-0.15, -0.1) is 11.3 Å². The van der Waals surface area contributed by atoms with E-state index in [0.29, 0.717) is 4.88 Å². The van der Waals surface area contributed by atoms with E-state index in [-0.39, 0.29) is 29.3 Å². The Balaban J connectivity index is 2.22. The lowest BCUT2D eigenvalue weighted by molar-refractivity contribution is 0.0848. The van der Waals surface area contributed by atoms with Crippen LogP contribution in [0.5, 0.6) is 5.75 Å². The van der Waals surface area contributed by atoms with E-state index in [2.05, 4.69) is 10.9 Å². The molecule has 2 aromatic rings. The van der Waals surface area contributed by atoms with Crippen molar-refractivity contribution in [2.75, 3.05) is 20.2 Å². The monoisotopic (exact) mass is 453 g/mol. The van der Waals surface area contributed by atoms with Crippen LogP contribution in [0.4, 0.5) is 0 Å². The fourth-order valence-electron chi connectivity index (χ4n) is 2.95. The maximum absolute atomic E-state index is 12.9. The van der Waals surface area contributed by atoms with Crippen molar-refractivity contribution in [2.45, 2.75) is 39.0 Å². The first-order valence-corrected chi connectivity index (χ1v) is 11.8. The molecule has 164 valence electrons. The van der Waals surface area contributed by atoms with Crippen molar-refractivity contribution in [3.05, 3.63) is 45.1 Å². The zero-order valence-electron chi connectivity index (χ0n) is 17.7. The second kappa shape index (κ2) is 10.1. The van der Waals surface area contributed by atoms with Gasteiger partial charge in [-0.2, -0.15) is 4.31 Å². The lowest BCUT2D eigenvalue weighted by Crippen LogP contribution is -2.41. The summed E-state index contributed by atoms with van der Waals surface area (Å²) in [5, 5.41) is 0. The maximum Gasteiger partial charge on any atom is 0.279 e. The number of nitrogens with zero attached hydrogens (tertiary/aromatic N) is 1. The Bertz CT molecular complexity index is 1030. The van der Waals surface area contributed by atoms with E-state index in [1.807, 2.05) is 13.8 Å². The van der Waals surface area contributed by atoms with Crippen molar-refractivity contribution < 1.29 is 22.7 Å². The molecule has 0 bridgehead atoms. The molecule has 0 saturated heterocycles. The first-order chi connectivity index (χ1) is 14.2. The third-order valence-electron chi connectivity index (χ3n) is 4.60. The van der Waals surface area contributed by atoms with Crippen LogP contribution in [0.2, 0.25) is 0 Å². The van der Waals surface area contributed by atoms with Crippen LogP contribution < -0.4 is 15.6 Å². The molecule has 2 N–H and O–H groups in total. The number of carbonyl (C=O) groups excluding carboxylic acids is 2. The highest BCUT2D eigenvalue weighted by Crippen LogP contribution is 2.28. The van der Waals surface area contributed by atoms with Gasteiger partial charge >= 0.3 is 0 Å². The quantitative estimate of drug-likeness (QED) is 0.598. The topological polar surface area (TPSA) is 105 Å². The molecule has 1 aromatic heterocycles. The molecule has 2 rings (SSSR count). The molecule has 30 heavy (non-hydrogen) atoms. The predicted octanol–water partition coefficient (Wildman–Crippen LogP) is 2.73. The van der Waals surface area contributed by atoms with Gasteiger partial charge < -0.3 is 4.74 Å². The number of hydrazine groups is 1. The van der Waals surface area contributed by atoms with Gasteiger partial charge in [0, 0.05) is 23.5 Å². The number of hydrogen-bond acceptors (Lipinski definition) is 6. The molecule has 2 amide bonds. The van der Waals surface area contributed by atoms with Crippen molar-refractivity contribution in [1.82, 2.24) is 15.2 Å². The second-order valence-corrected chi connectivity index (χ2v) is 9.48. The Kier molecular flexibility index (Phi) is 7.99. The van der Waals surface area contributed by atoms with Crippen LogP contribution in [0.25, 0.3) is 0 Å². The molecule has 0 unspecified atom stereocenters. The van der Waals surface area contributed by atoms with Crippen LogP contribution in [0.3, 0.4) is 0 Å². The maximum atomic E-state index is 12.9. The zero-order chi connectivity index (χ0) is 22.5. The fourth-order valence-corrected chi connectivity index (χ4v) is 5.60. The van der Waals surface area contributed by atoms with Gasteiger partial charge in [0.05, 0.1) is 12.0 Å². The van der Waals surface area contributed by atoms with Gasteiger partial charge in [-0.25, -0.2) is 8.42 Å². The van der Waals surface area contributed by atoms with E-state index >= 15 is 0 Å². The molecule has 1 heterocycles. The van der Waals surface area contributed by atoms with E-state index in [1.165, 1.54) is 41.0 Å². The van der Waals surface area contributed by atoms with Crippen LogP contribution in [-0.4, -0.2) is 44.7 Å². The number of sulfonamides is 1. The number of hydrogen-bond donors (Lipinski definition) is 2. The molecule has 0 fully saturated rings. The molecule has 0 saturated carbocycles. The van der Waals surface area contributed by atoms with Gasteiger partial charge in [0.2, 0.25) is 10.0 Å². The smallest absolute Gasteiger partial charge is 0.279 e. The summed E-state index contributed by atoms with van der Waals surface area (Å²) in [7, 11) is -2.47. The minimum Gasteiger partial charge on any atom is -0.495 e. The number of carbonyl (C=O) groups is 2. The Hall–Kier alpha value is -2.43. The summed E-state index contributed by atoms with van der Waals surface area (Å²) in [6, 6.07) is 5.88. The minimum absolute atomic E-state index is 0.0819. The molecule has 1 aromatic carbocycles. The third kappa shape index (κ3) is 5.00. The SMILES string of the molecule is CCc1sc(C(=O)NNC(=O)c2ccc(OC)c(S(=O)(=O)N(CC)CC)c2)cc1C. The van der Waals surface area contributed by atoms with E-state index < -0.39 is 21.8 Å². The Morgan fingerprint density at radius 2 is 1.70 bits per heavy atom. The average Bonchev–Trinajstić information content (AvgIpc) is 3.12. The van der Waals surface area contributed by atoms with Gasteiger partial charge in [0.25, 0.3) is 11.8 Å². The van der Waals surface area contributed by atoms with Crippen LogP contribution >= 0.6 is 11.3 Å². The highest BCUT2D eigenvalue weighted by atomic mass is 32.2. The third-order valence-corrected chi connectivity index (χ3v) is 8.06.